The molecule has 0 aliphatic carbocycles. The number of benzene rings is 2. The van der Waals surface area contributed by atoms with Gasteiger partial charge in [-0.15, -0.1) is 0 Å². The Labute approximate surface area is 148 Å². The van der Waals surface area contributed by atoms with E-state index in [1.165, 1.54) is 0 Å². The SMILES string of the molecule is Fc1c(F)c(F)c([B-](F)(F)c2c(F)c(F)c(F)c(F)c2F)c(F)c1F.[Li+]. The third kappa shape index (κ3) is 2.96. The zero-order valence-electron chi connectivity index (χ0n) is 12.1. The molecule has 2 rings (SSSR count). The number of hydrogen-bond acceptors (Lipinski definition) is 0. The second-order valence-electron chi connectivity index (χ2n) is 4.63. The van der Waals surface area contributed by atoms with Gasteiger partial charge < -0.3 is 8.63 Å². The topological polar surface area (TPSA) is 0 Å². The number of rotatable bonds is 2. The molecule has 136 valence electrons. The molecule has 2 aromatic rings. The van der Waals surface area contributed by atoms with Crippen LogP contribution in [0, 0.1) is 58.2 Å². The molecule has 0 nitrogen and oxygen atoms in total. The molecule has 0 aliphatic rings. The van der Waals surface area contributed by atoms with E-state index in [1.54, 1.807) is 0 Å². The van der Waals surface area contributed by atoms with Gasteiger partial charge in [0.2, 0.25) is 0 Å². The second kappa shape index (κ2) is 7.11. The fourth-order valence-corrected chi connectivity index (χ4v) is 2.02. The summed E-state index contributed by atoms with van der Waals surface area (Å²) < 4.78 is 160. The maximum Gasteiger partial charge on any atom is 1.00 e. The number of halogens is 12. The van der Waals surface area contributed by atoms with E-state index in [-0.39, 0.29) is 18.9 Å². The Morgan fingerprint density at radius 3 is 0.692 bits per heavy atom. The minimum atomic E-state index is -6.61. The summed E-state index contributed by atoms with van der Waals surface area (Å²) in [6.45, 7) is -6.61. The van der Waals surface area contributed by atoms with Crippen molar-refractivity contribution >= 4 is 17.6 Å². The molecule has 0 atom stereocenters. The number of hydrogen-bond donors (Lipinski definition) is 0. The minimum Gasteiger partial charge on any atom is -0.469 e. The predicted molar refractivity (Wildman–Crippen MR) is 59.7 cm³/mol. The quantitative estimate of drug-likeness (QED) is 0.305. The summed E-state index contributed by atoms with van der Waals surface area (Å²) in [6.07, 6.45) is 0. The molecule has 0 bridgehead atoms. The van der Waals surface area contributed by atoms with Crippen LogP contribution in [0.3, 0.4) is 0 Å². The van der Waals surface area contributed by atoms with Gasteiger partial charge in [-0.3, -0.25) is 0 Å². The fraction of sp³-hybridized carbons (Fsp3) is 0. The first kappa shape index (κ1) is 22.3. The summed E-state index contributed by atoms with van der Waals surface area (Å²) in [5.41, 5.74) is -6.03. The van der Waals surface area contributed by atoms with Crippen molar-refractivity contribution in [3.63, 3.8) is 0 Å². The van der Waals surface area contributed by atoms with Gasteiger partial charge in [0, 0.05) is 0 Å². The molecule has 26 heavy (non-hydrogen) atoms. The van der Waals surface area contributed by atoms with Crippen molar-refractivity contribution in [1.29, 1.82) is 0 Å². The van der Waals surface area contributed by atoms with Crippen LogP contribution < -0.4 is 29.8 Å². The first-order valence-corrected chi connectivity index (χ1v) is 5.90. The van der Waals surface area contributed by atoms with Gasteiger partial charge in [0.05, 0.1) is 0 Å². The van der Waals surface area contributed by atoms with Gasteiger partial charge in [0.25, 0.3) is 0 Å². The smallest absolute Gasteiger partial charge is 0.469 e. The van der Waals surface area contributed by atoms with Crippen molar-refractivity contribution in [1.82, 2.24) is 0 Å². The summed E-state index contributed by atoms with van der Waals surface area (Å²) >= 11 is 0. The van der Waals surface area contributed by atoms with E-state index in [2.05, 4.69) is 0 Å². The van der Waals surface area contributed by atoms with E-state index in [0.717, 1.165) is 0 Å². The van der Waals surface area contributed by atoms with E-state index in [1.807, 2.05) is 0 Å². The Bertz CT molecular complexity index is 767. The largest absolute Gasteiger partial charge is 1.00 e. The van der Waals surface area contributed by atoms with Crippen LogP contribution >= 0.6 is 0 Å². The zero-order valence-corrected chi connectivity index (χ0v) is 12.1. The Balaban J connectivity index is 0.00000338. The molecule has 2 aromatic carbocycles. The van der Waals surface area contributed by atoms with Crippen molar-refractivity contribution in [2.24, 2.45) is 0 Å². The van der Waals surface area contributed by atoms with Gasteiger partial charge in [-0.05, 0) is 0 Å². The summed E-state index contributed by atoms with van der Waals surface area (Å²) in [5.74, 6) is -30.0. The summed E-state index contributed by atoms with van der Waals surface area (Å²) in [4.78, 5) is 0. The Hall–Kier alpha value is -1.74. The van der Waals surface area contributed by atoms with E-state index in [4.69, 9.17) is 0 Å². The molecule has 0 saturated carbocycles. The average molecular weight is 390 g/mol. The maximum absolute atomic E-state index is 14.1. The monoisotopic (exact) mass is 390 g/mol. The van der Waals surface area contributed by atoms with Crippen molar-refractivity contribution in [2.75, 3.05) is 0 Å². The van der Waals surface area contributed by atoms with Crippen LogP contribution in [0.2, 0.25) is 0 Å². The van der Waals surface area contributed by atoms with Crippen molar-refractivity contribution < 1.29 is 71.4 Å². The first-order chi connectivity index (χ1) is 11.4. The molecule has 0 N–H and O–H groups in total. The van der Waals surface area contributed by atoms with Gasteiger partial charge in [-0.2, -0.15) is 0 Å². The van der Waals surface area contributed by atoms with E-state index in [0.29, 0.717) is 0 Å². The normalized spacial score (nSPS) is 11.5. The maximum atomic E-state index is 14.1. The molecule has 0 aliphatic heterocycles. The Morgan fingerprint density at radius 2 is 0.500 bits per heavy atom. The van der Waals surface area contributed by atoms with Crippen molar-refractivity contribution in [3.05, 3.63) is 58.2 Å². The molecule has 0 unspecified atom stereocenters. The third-order valence-corrected chi connectivity index (χ3v) is 3.21. The van der Waals surface area contributed by atoms with Crippen LogP contribution in [-0.2, 0) is 0 Å². The molecular weight excluding hydrogens is 390 g/mol. The fourth-order valence-electron chi connectivity index (χ4n) is 2.02. The van der Waals surface area contributed by atoms with Crippen molar-refractivity contribution in [2.45, 2.75) is 0 Å². The van der Waals surface area contributed by atoms with E-state index in [9.17, 15) is 52.5 Å². The van der Waals surface area contributed by atoms with Gasteiger partial charge in [-0.1, -0.05) is 10.9 Å². The summed E-state index contributed by atoms with van der Waals surface area (Å²) in [7, 11) is 0. The van der Waals surface area contributed by atoms with Crippen LogP contribution in [0.25, 0.3) is 0 Å². The molecule has 0 spiro atoms. The van der Waals surface area contributed by atoms with Gasteiger partial charge in [-0.25, -0.2) is 43.9 Å². The Morgan fingerprint density at radius 1 is 0.346 bits per heavy atom. The molecule has 0 radical (unpaired) electrons. The molecular formula is C12BF12Li. The van der Waals surface area contributed by atoms with Crippen molar-refractivity contribution in [3.8, 4) is 0 Å². The van der Waals surface area contributed by atoms with Crippen LogP contribution in [-0.4, -0.2) is 6.70 Å². The van der Waals surface area contributed by atoms with E-state index >= 15 is 0 Å². The van der Waals surface area contributed by atoms with Gasteiger partial charge >= 0.3 is 25.6 Å². The predicted octanol–water partition coefficient (Wildman–Crippen LogP) is 0.577. The zero-order chi connectivity index (χ0) is 19.4. The van der Waals surface area contributed by atoms with Crippen LogP contribution in [0.15, 0.2) is 0 Å². The third-order valence-electron chi connectivity index (χ3n) is 3.21. The molecule has 0 heterocycles. The summed E-state index contributed by atoms with van der Waals surface area (Å²) in [5, 5.41) is 0. The van der Waals surface area contributed by atoms with E-state index < -0.39 is 75.8 Å². The molecule has 0 amide bonds. The van der Waals surface area contributed by atoms with Crippen LogP contribution in [0.1, 0.15) is 0 Å². The molecule has 14 heteroatoms. The van der Waals surface area contributed by atoms with Gasteiger partial charge in [0.1, 0.15) is 23.3 Å². The molecule has 0 fully saturated rings. The molecule has 0 aromatic heterocycles. The Kier molecular flexibility index (Phi) is 6.10. The second-order valence-corrected chi connectivity index (χ2v) is 4.63. The van der Waals surface area contributed by atoms with Crippen LogP contribution in [0.5, 0.6) is 0 Å². The first-order valence-electron chi connectivity index (χ1n) is 5.90. The minimum absolute atomic E-state index is 0. The van der Waals surface area contributed by atoms with Gasteiger partial charge in [0.15, 0.2) is 34.9 Å². The molecule has 0 saturated heterocycles. The standard InChI is InChI=1S/C12BF12.Li/c14-3-1(4(15)8(19)11(22)7(3)18)13(24,25)2-5(16)9(20)12(23)10(21)6(2)17;/q-1;+1. The van der Waals surface area contributed by atoms with Crippen LogP contribution in [0.4, 0.5) is 52.5 Å². The summed E-state index contributed by atoms with van der Waals surface area (Å²) in [6, 6.07) is 0. The average Bonchev–Trinajstić information content (AvgIpc) is 2.54.